The van der Waals surface area contributed by atoms with Crippen molar-refractivity contribution in [3.05, 3.63) is 76.6 Å². The fourth-order valence-electron chi connectivity index (χ4n) is 2.82. The molecule has 0 saturated carbocycles. The molecular formula is C21H23ClN4OS. The highest BCUT2D eigenvalue weighted by molar-refractivity contribution is 7.98. The number of nitrogens with zero attached hydrogens (tertiary/aromatic N) is 3. The van der Waals surface area contributed by atoms with Gasteiger partial charge in [-0.1, -0.05) is 73.6 Å². The first-order chi connectivity index (χ1) is 13.5. The number of carbonyl (C=O) groups excluding carboxylic acids is 1. The van der Waals surface area contributed by atoms with Gasteiger partial charge in [0.05, 0.1) is 6.04 Å². The van der Waals surface area contributed by atoms with E-state index < -0.39 is 0 Å². The summed E-state index contributed by atoms with van der Waals surface area (Å²) in [6.07, 6.45) is 0. The van der Waals surface area contributed by atoms with E-state index in [4.69, 9.17) is 11.6 Å². The Balaban J connectivity index is 1.75. The summed E-state index contributed by atoms with van der Waals surface area (Å²) < 4.78 is 1.94. The molecule has 3 aromatic rings. The molecule has 0 aliphatic rings. The Hall–Kier alpha value is -2.31. The molecular weight excluding hydrogens is 392 g/mol. The van der Waals surface area contributed by atoms with E-state index in [0.29, 0.717) is 11.3 Å². The highest BCUT2D eigenvalue weighted by Crippen LogP contribution is 2.28. The van der Waals surface area contributed by atoms with Crippen molar-refractivity contribution >= 4 is 29.3 Å². The molecule has 1 atom stereocenters. The highest BCUT2D eigenvalue weighted by Gasteiger charge is 2.25. The van der Waals surface area contributed by atoms with Crippen molar-refractivity contribution in [2.45, 2.75) is 30.8 Å². The lowest BCUT2D eigenvalue weighted by molar-refractivity contribution is 0.0922. The summed E-state index contributed by atoms with van der Waals surface area (Å²) in [6.45, 7) is 4.11. The molecule has 0 radical (unpaired) electrons. The number of halogens is 1. The number of nitrogens with one attached hydrogen (secondary N) is 1. The van der Waals surface area contributed by atoms with Crippen LogP contribution in [0.1, 0.15) is 41.6 Å². The van der Waals surface area contributed by atoms with Gasteiger partial charge in [-0.25, -0.2) is 0 Å². The summed E-state index contributed by atoms with van der Waals surface area (Å²) in [5.74, 6) is 1.49. The lowest BCUT2D eigenvalue weighted by Gasteiger charge is -2.21. The van der Waals surface area contributed by atoms with Crippen molar-refractivity contribution in [2.75, 3.05) is 0 Å². The lowest BCUT2D eigenvalue weighted by atomic mass is 10.0. The van der Waals surface area contributed by atoms with Crippen LogP contribution in [0.2, 0.25) is 5.02 Å². The minimum atomic E-state index is -0.236. The number of hydrogen-bond acceptors (Lipinski definition) is 4. The molecule has 1 heterocycles. The van der Waals surface area contributed by atoms with Crippen LogP contribution >= 0.6 is 23.4 Å². The zero-order chi connectivity index (χ0) is 20.1. The van der Waals surface area contributed by atoms with Crippen LogP contribution in [-0.2, 0) is 12.8 Å². The molecule has 0 unspecified atom stereocenters. The first kappa shape index (κ1) is 20.4. The molecule has 0 aliphatic carbocycles. The summed E-state index contributed by atoms with van der Waals surface area (Å²) >= 11 is 7.81. The van der Waals surface area contributed by atoms with E-state index in [1.165, 1.54) is 0 Å². The molecule has 2 aromatic carbocycles. The summed E-state index contributed by atoms with van der Waals surface area (Å²) in [4.78, 5) is 12.6. The van der Waals surface area contributed by atoms with Crippen molar-refractivity contribution in [3.63, 3.8) is 0 Å². The molecule has 146 valence electrons. The third kappa shape index (κ3) is 4.75. The number of aromatic nitrogens is 3. The van der Waals surface area contributed by atoms with Gasteiger partial charge in [-0.3, -0.25) is 4.79 Å². The van der Waals surface area contributed by atoms with Crippen LogP contribution in [0.3, 0.4) is 0 Å². The third-order valence-electron chi connectivity index (χ3n) is 4.45. The van der Waals surface area contributed by atoms with Crippen molar-refractivity contribution in [3.8, 4) is 0 Å². The van der Waals surface area contributed by atoms with Gasteiger partial charge in [0.1, 0.15) is 0 Å². The van der Waals surface area contributed by atoms with Crippen LogP contribution in [-0.4, -0.2) is 20.7 Å². The Bertz CT molecular complexity index is 943. The van der Waals surface area contributed by atoms with E-state index in [0.717, 1.165) is 21.6 Å². The van der Waals surface area contributed by atoms with Gasteiger partial charge >= 0.3 is 0 Å². The largest absolute Gasteiger partial charge is 0.342 e. The first-order valence-corrected chi connectivity index (χ1v) is 10.4. The minimum Gasteiger partial charge on any atom is -0.342 e. The third-order valence-corrected chi connectivity index (χ3v) is 5.89. The second-order valence-corrected chi connectivity index (χ2v) is 8.19. The average Bonchev–Trinajstić information content (AvgIpc) is 3.06. The van der Waals surface area contributed by atoms with Gasteiger partial charge in [-0.05, 0) is 29.7 Å². The molecule has 7 heteroatoms. The van der Waals surface area contributed by atoms with E-state index in [9.17, 15) is 4.79 Å². The molecule has 0 spiro atoms. The quantitative estimate of drug-likeness (QED) is 0.559. The van der Waals surface area contributed by atoms with Crippen molar-refractivity contribution < 1.29 is 4.79 Å². The Morgan fingerprint density at radius 3 is 2.46 bits per heavy atom. The van der Waals surface area contributed by atoms with Crippen molar-refractivity contribution in [1.29, 1.82) is 0 Å². The maximum atomic E-state index is 12.6. The number of thioether (sulfide) groups is 1. The number of benzene rings is 2. The second-order valence-electron chi connectivity index (χ2n) is 6.84. The van der Waals surface area contributed by atoms with Gasteiger partial charge in [0.25, 0.3) is 5.91 Å². The number of rotatable bonds is 7. The Morgan fingerprint density at radius 2 is 1.79 bits per heavy atom. The fourth-order valence-corrected chi connectivity index (χ4v) is 4.03. The van der Waals surface area contributed by atoms with Crippen LogP contribution in [0.4, 0.5) is 0 Å². The monoisotopic (exact) mass is 414 g/mol. The van der Waals surface area contributed by atoms with E-state index in [2.05, 4.69) is 29.4 Å². The topological polar surface area (TPSA) is 59.8 Å². The minimum absolute atomic E-state index is 0.118. The summed E-state index contributed by atoms with van der Waals surface area (Å²) in [5.41, 5.74) is 1.68. The number of hydrogen-bond donors (Lipinski definition) is 1. The lowest BCUT2D eigenvalue weighted by Crippen LogP contribution is -2.33. The molecule has 5 nitrogen and oxygen atoms in total. The van der Waals surface area contributed by atoms with Gasteiger partial charge in [-0.2, -0.15) is 0 Å². The van der Waals surface area contributed by atoms with Crippen LogP contribution in [0.25, 0.3) is 0 Å². The van der Waals surface area contributed by atoms with Crippen LogP contribution in [0, 0.1) is 5.92 Å². The summed E-state index contributed by atoms with van der Waals surface area (Å²) in [7, 11) is 1.92. The summed E-state index contributed by atoms with van der Waals surface area (Å²) in [5, 5.41) is 13.3. The SMILES string of the molecule is CC(C)[C@H](NC(=O)c1ccccc1)c1nnc(SCc2ccccc2Cl)n1C. The normalized spacial score (nSPS) is 12.2. The Kier molecular flexibility index (Phi) is 6.75. The van der Waals surface area contributed by atoms with Gasteiger partial charge in [-0.15, -0.1) is 10.2 Å². The predicted octanol–water partition coefficient (Wildman–Crippen LogP) is 4.89. The maximum absolute atomic E-state index is 12.6. The molecule has 3 rings (SSSR count). The highest BCUT2D eigenvalue weighted by atomic mass is 35.5. The van der Waals surface area contributed by atoms with Crippen LogP contribution in [0.5, 0.6) is 0 Å². The Labute approximate surface area is 174 Å². The molecule has 1 N–H and O–H groups in total. The maximum Gasteiger partial charge on any atom is 0.251 e. The molecule has 0 aliphatic heterocycles. The van der Waals surface area contributed by atoms with Crippen LogP contribution in [0.15, 0.2) is 59.8 Å². The van der Waals surface area contributed by atoms with E-state index >= 15 is 0 Å². The smallest absolute Gasteiger partial charge is 0.251 e. The van der Waals surface area contributed by atoms with Crippen LogP contribution < -0.4 is 5.32 Å². The molecule has 0 saturated heterocycles. The molecule has 1 amide bonds. The van der Waals surface area contributed by atoms with Crippen molar-refractivity contribution in [2.24, 2.45) is 13.0 Å². The van der Waals surface area contributed by atoms with Crippen molar-refractivity contribution in [1.82, 2.24) is 20.1 Å². The number of amides is 1. The molecule has 0 bridgehead atoms. The predicted molar refractivity (Wildman–Crippen MR) is 114 cm³/mol. The van der Waals surface area contributed by atoms with E-state index in [-0.39, 0.29) is 17.9 Å². The van der Waals surface area contributed by atoms with Gasteiger partial charge in [0.15, 0.2) is 11.0 Å². The summed E-state index contributed by atoms with van der Waals surface area (Å²) in [6, 6.07) is 16.7. The fraction of sp³-hybridized carbons (Fsp3) is 0.286. The Morgan fingerprint density at radius 1 is 1.11 bits per heavy atom. The average molecular weight is 415 g/mol. The van der Waals surface area contributed by atoms with Gasteiger partial charge in [0, 0.05) is 23.4 Å². The molecule has 0 fully saturated rings. The number of carbonyl (C=O) groups is 1. The molecule has 1 aromatic heterocycles. The van der Waals surface area contributed by atoms with E-state index in [1.54, 1.807) is 23.9 Å². The first-order valence-electron chi connectivity index (χ1n) is 9.08. The van der Waals surface area contributed by atoms with E-state index in [1.807, 2.05) is 54.1 Å². The second kappa shape index (κ2) is 9.26. The zero-order valence-electron chi connectivity index (χ0n) is 16.1. The van der Waals surface area contributed by atoms with Gasteiger partial charge < -0.3 is 9.88 Å². The zero-order valence-corrected chi connectivity index (χ0v) is 17.7. The molecule has 28 heavy (non-hydrogen) atoms. The standard InChI is InChI=1S/C21H23ClN4OS/c1-14(2)18(23-20(27)15-9-5-4-6-10-15)19-24-25-21(26(19)3)28-13-16-11-7-8-12-17(16)22/h4-12,14,18H,13H2,1-3H3,(H,23,27)/t18-/m0/s1. The van der Waals surface area contributed by atoms with Gasteiger partial charge in [0.2, 0.25) is 0 Å².